The van der Waals surface area contributed by atoms with Crippen LogP contribution in [0.5, 0.6) is 0 Å². The van der Waals surface area contributed by atoms with Crippen molar-refractivity contribution in [3.8, 4) is 0 Å². The molecule has 0 aliphatic carbocycles. The van der Waals surface area contributed by atoms with Crippen molar-refractivity contribution in [2.45, 2.75) is 13.3 Å². The monoisotopic (exact) mass is 341 g/mol. The zero-order chi connectivity index (χ0) is 16.3. The first-order chi connectivity index (χ1) is 10.3. The fourth-order valence-electron chi connectivity index (χ4n) is 1.85. The third-order valence-corrected chi connectivity index (χ3v) is 4.21. The molecule has 9 heteroatoms. The SMILES string of the molecule is CCc1cccc2sc(C(=O)NC(N)=NOS(C)(=O)=O)cc12. The van der Waals surface area contributed by atoms with Crippen molar-refractivity contribution < 1.29 is 17.5 Å². The van der Waals surface area contributed by atoms with Gasteiger partial charge in [0.05, 0.1) is 11.1 Å². The van der Waals surface area contributed by atoms with E-state index in [-0.39, 0.29) is 0 Å². The standard InChI is InChI=1S/C13H15N3O4S2/c1-3-8-5-4-6-10-9(8)7-11(21-10)12(17)15-13(14)16-20-22(2,18)19/h4-7H,3H2,1-2H3,(H3,14,15,16,17). The summed E-state index contributed by atoms with van der Waals surface area (Å²) in [6.07, 6.45) is 1.69. The van der Waals surface area contributed by atoms with Gasteiger partial charge in [0.25, 0.3) is 5.91 Å². The van der Waals surface area contributed by atoms with E-state index in [0.29, 0.717) is 4.88 Å². The first kappa shape index (κ1) is 16.2. The topological polar surface area (TPSA) is 111 Å². The van der Waals surface area contributed by atoms with Crippen LogP contribution in [0, 0.1) is 0 Å². The van der Waals surface area contributed by atoms with Crippen molar-refractivity contribution in [3.63, 3.8) is 0 Å². The smallest absolute Gasteiger partial charge is 0.325 e. The molecule has 0 spiro atoms. The summed E-state index contributed by atoms with van der Waals surface area (Å²) >= 11 is 1.32. The van der Waals surface area contributed by atoms with E-state index in [9.17, 15) is 13.2 Å². The second-order valence-electron chi connectivity index (χ2n) is 4.50. The molecule has 2 aromatic rings. The lowest BCUT2D eigenvalue weighted by molar-refractivity contribution is 0.0979. The maximum Gasteiger partial charge on any atom is 0.325 e. The van der Waals surface area contributed by atoms with Gasteiger partial charge in [0.2, 0.25) is 5.96 Å². The minimum absolute atomic E-state index is 0.427. The Bertz CT molecular complexity index is 840. The van der Waals surface area contributed by atoms with E-state index in [4.69, 9.17) is 5.73 Å². The minimum Gasteiger partial charge on any atom is -0.367 e. The maximum absolute atomic E-state index is 12.1. The van der Waals surface area contributed by atoms with Gasteiger partial charge in [0.15, 0.2) is 0 Å². The number of nitrogens with zero attached hydrogens (tertiary/aromatic N) is 1. The van der Waals surface area contributed by atoms with Gasteiger partial charge in [-0.3, -0.25) is 14.4 Å². The van der Waals surface area contributed by atoms with E-state index < -0.39 is 22.0 Å². The molecule has 1 amide bonds. The molecule has 0 radical (unpaired) electrons. The predicted octanol–water partition coefficient (Wildman–Crippen LogP) is 1.40. The Labute approximate surface area is 131 Å². The van der Waals surface area contributed by atoms with E-state index in [1.54, 1.807) is 6.07 Å². The van der Waals surface area contributed by atoms with Crippen molar-refractivity contribution >= 4 is 43.4 Å². The zero-order valence-corrected chi connectivity index (χ0v) is 13.6. The number of aryl methyl sites for hydroxylation is 1. The number of nitrogens with one attached hydrogen (secondary N) is 1. The average molecular weight is 341 g/mol. The predicted molar refractivity (Wildman–Crippen MR) is 86.2 cm³/mol. The second kappa shape index (κ2) is 6.32. The lowest BCUT2D eigenvalue weighted by Crippen LogP contribution is -2.36. The molecule has 0 aliphatic rings. The number of fused-ring (bicyclic) bond motifs is 1. The fraction of sp³-hybridized carbons (Fsp3) is 0.231. The highest BCUT2D eigenvalue weighted by Crippen LogP contribution is 2.28. The molecule has 1 heterocycles. The highest BCUT2D eigenvalue weighted by Gasteiger charge is 2.13. The summed E-state index contributed by atoms with van der Waals surface area (Å²) in [4.78, 5) is 12.5. The Morgan fingerprint density at radius 1 is 1.45 bits per heavy atom. The van der Waals surface area contributed by atoms with Crippen LogP contribution in [0.4, 0.5) is 0 Å². The Morgan fingerprint density at radius 2 is 2.18 bits per heavy atom. The van der Waals surface area contributed by atoms with Crippen LogP contribution in [0.2, 0.25) is 0 Å². The van der Waals surface area contributed by atoms with Crippen molar-refractivity contribution in [2.75, 3.05) is 6.26 Å². The molecule has 0 bridgehead atoms. The summed E-state index contributed by atoms with van der Waals surface area (Å²) in [6, 6.07) is 7.65. The van der Waals surface area contributed by atoms with Gasteiger partial charge < -0.3 is 5.73 Å². The molecular formula is C13H15N3O4S2. The molecule has 0 saturated carbocycles. The largest absolute Gasteiger partial charge is 0.367 e. The number of rotatable bonds is 4. The lowest BCUT2D eigenvalue weighted by atomic mass is 10.1. The lowest BCUT2D eigenvalue weighted by Gasteiger charge is -2.01. The van der Waals surface area contributed by atoms with E-state index in [0.717, 1.165) is 28.3 Å². The molecular weight excluding hydrogens is 326 g/mol. The van der Waals surface area contributed by atoms with Crippen LogP contribution in [0.25, 0.3) is 10.1 Å². The van der Waals surface area contributed by atoms with Crippen molar-refractivity contribution in [3.05, 3.63) is 34.7 Å². The number of nitrogens with two attached hydrogens (primary N) is 1. The molecule has 1 aromatic carbocycles. The summed E-state index contributed by atoms with van der Waals surface area (Å²) in [6.45, 7) is 2.04. The van der Waals surface area contributed by atoms with Crippen LogP contribution in [-0.2, 0) is 20.8 Å². The third-order valence-electron chi connectivity index (χ3n) is 2.77. The highest BCUT2D eigenvalue weighted by atomic mass is 32.2. The summed E-state index contributed by atoms with van der Waals surface area (Å²) in [5.74, 6) is -0.898. The zero-order valence-electron chi connectivity index (χ0n) is 12.0. The van der Waals surface area contributed by atoms with Gasteiger partial charge in [-0.2, -0.15) is 8.42 Å². The molecule has 0 fully saturated rings. The highest BCUT2D eigenvalue weighted by molar-refractivity contribution is 7.85. The Balaban J connectivity index is 2.20. The number of amides is 1. The molecule has 7 nitrogen and oxygen atoms in total. The van der Waals surface area contributed by atoms with E-state index in [2.05, 4.69) is 14.8 Å². The summed E-state index contributed by atoms with van der Waals surface area (Å²) in [7, 11) is -3.77. The van der Waals surface area contributed by atoms with Gasteiger partial charge in [0, 0.05) is 4.70 Å². The van der Waals surface area contributed by atoms with Crippen LogP contribution in [0.1, 0.15) is 22.2 Å². The van der Waals surface area contributed by atoms with Gasteiger partial charge in [0.1, 0.15) is 0 Å². The summed E-state index contributed by atoms with van der Waals surface area (Å²) in [5, 5.41) is 6.42. The van der Waals surface area contributed by atoms with Crippen molar-refractivity contribution in [1.29, 1.82) is 0 Å². The quantitative estimate of drug-likeness (QED) is 0.496. The first-order valence-corrected chi connectivity index (χ1v) is 8.98. The summed E-state index contributed by atoms with van der Waals surface area (Å²) in [5.41, 5.74) is 6.55. The van der Waals surface area contributed by atoms with Gasteiger partial charge in [-0.25, -0.2) is 0 Å². The maximum atomic E-state index is 12.1. The van der Waals surface area contributed by atoms with Gasteiger partial charge in [-0.05, 0) is 34.7 Å². The Kier molecular flexibility index (Phi) is 4.67. The Hall–Kier alpha value is -2.13. The van der Waals surface area contributed by atoms with Crippen LogP contribution in [0.15, 0.2) is 29.4 Å². The van der Waals surface area contributed by atoms with E-state index in [1.807, 2.05) is 25.1 Å². The number of thiophene rings is 1. The van der Waals surface area contributed by atoms with Crippen molar-refractivity contribution in [2.24, 2.45) is 10.9 Å². The number of carbonyl (C=O) groups excluding carboxylic acids is 1. The van der Waals surface area contributed by atoms with Crippen LogP contribution in [0.3, 0.4) is 0 Å². The third kappa shape index (κ3) is 3.95. The van der Waals surface area contributed by atoms with E-state index in [1.165, 1.54) is 11.3 Å². The molecule has 3 N–H and O–H groups in total. The number of benzene rings is 1. The van der Waals surface area contributed by atoms with Crippen LogP contribution >= 0.6 is 11.3 Å². The summed E-state index contributed by atoms with van der Waals surface area (Å²) < 4.78 is 26.7. The van der Waals surface area contributed by atoms with Gasteiger partial charge >= 0.3 is 10.1 Å². The molecule has 0 aliphatic heterocycles. The number of hydrogen-bond donors (Lipinski definition) is 2. The average Bonchev–Trinajstić information content (AvgIpc) is 2.88. The number of carbonyl (C=O) groups is 1. The molecule has 118 valence electrons. The minimum atomic E-state index is -3.77. The van der Waals surface area contributed by atoms with E-state index >= 15 is 0 Å². The number of oxime groups is 1. The molecule has 22 heavy (non-hydrogen) atoms. The molecule has 0 saturated heterocycles. The van der Waals surface area contributed by atoms with Gasteiger partial charge in [-0.15, -0.1) is 11.3 Å². The van der Waals surface area contributed by atoms with Crippen LogP contribution in [-0.4, -0.2) is 26.5 Å². The Morgan fingerprint density at radius 3 is 2.82 bits per heavy atom. The second-order valence-corrected chi connectivity index (χ2v) is 7.14. The van der Waals surface area contributed by atoms with Crippen LogP contribution < -0.4 is 11.1 Å². The number of guanidine groups is 1. The molecule has 0 atom stereocenters. The fourth-order valence-corrected chi connectivity index (χ4v) is 3.07. The normalized spacial score (nSPS) is 12.4. The van der Waals surface area contributed by atoms with Gasteiger partial charge in [-0.1, -0.05) is 19.1 Å². The molecule has 2 rings (SSSR count). The molecule has 1 aromatic heterocycles. The number of hydrogen-bond acceptors (Lipinski definition) is 6. The molecule has 0 unspecified atom stereocenters. The van der Waals surface area contributed by atoms with Crippen molar-refractivity contribution in [1.82, 2.24) is 5.32 Å². The first-order valence-electron chi connectivity index (χ1n) is 6.35.